The van der Waals surface area contributed by atoms with Gasteiger partial charge in [0.2, 0.25) is 5.91 Å². The smallest absolute Gasteiger partial charge is 0.328 e. The van der Waals surface area contributed by atoms with Crippen molar-refractivity contribution in [3.8, 4) is 0 Å². The summed E-state index contributed by atoms with van der Waals surface area (Å²) >= 11 is 0. The molecule has 0 fully saturated rings. The number of rotatable bonds is 6. The van der Waals surface area contributed by atoms with Crippen LogP contribution < -0.4 is 5.32 Å². The molecule has 1 aromatic rings. The Kier molecular flexibility index (Phi) is 5.21. The zero-order valence-corrected chi connectivity index (χ0v) is 9.91. The molecule has 0 aliphatic heterocycles. The Morgan fingerprint density at radius 1 is 1.26 bits per heavy atom. The van der Waals surface area contributed by atoms with Gasteiger partial charge in [-0.1, -0.05) is 12.1 Å². The van der Waals surface area contributed by atoms with E-state index in [1.165, 1.54) is 12.1 Å². The Morgan fingerprint density at radius 2 is 1.89 bits per heavy atom. The number of carboxylic acid groups (broad SMARTS) is 1. The van der Waals surface area contributed by atoms with Gasteiger partial charge in [-0.05, 0) is 12.0 Å². The Hall–Kier alpha value is -2.70. The average Bonchev–Trinajstić information content (AvgIpc) is 2.37. The molecule has 7 heteroatoms. The van der Waals surface area contributed by atoms with Gasteiger partial charge >= 0.3 is 5.97 Å². The Bertz CT molecular complexity index is 507. The quantitative estimate of drug-likeness (QED) is 0.450. The van der Waals surface area contributed by atoms with Gasteiger partial charge in [0.1, 0.15) is 0 Å². The second kappa shape index (κ2) is 6.90. The van der Waals surface area contributed by atoms with E-state index in [0.29, 0.717) is 13.0 Å². The molecule has 0 unspecified atom stereocenters. The summed E-state index contributed by atoms with van der Waals surface area (Å²) in [4.78, 5) is 31.2. The van der Waals surface area contributed by atoms with Crippen LogP contribution in [0.5, 0.6) is 0 Å². The fourth-order valence-corrected chi connectivity index (χ4v) is 1.32. The van der Waals surface area contributed by atoms with Crippen LogP contribution in [0.15, 0.2) is 36.4 Å². The number of carboxylic acids is 1. The summed E-state index contributed by atoms with van der Waals surface area (Å²) in [5.74, 6) is -1.69. The second-order valence-corrected chi connectivity index (χ2v) is 3.64. The van der Waals surface area contributed by atoms with E-state index in [0.717, 1.165) is 17.7 Å². The fraction of sp³-hybridized carbons (Fsp3) is 0.167. The van der Waals surface area contributed by atoms with E-state index in [2.05, 4.69) is 5.32 Å². The van der Waals surface area contributed by atoms with Crippen molar-refractivity contribution < 1.29 is 19.6 Å². The van der Waals surface area contributed by atoms with Gasteiger partial charge in [0.05, 0.1) is 4.92 Å². The maximum atomic E-state index is 11.1. The van der Waals surface area contributed by atoms with Gasteiger partial charge in [-0.25, -0.2) is 4.79 Å². The number of nitro groups is 1. The third kappa shape index (κ3) is 5.44. The van der Waals surface area contributed by atoms with E-state index in [1.54, 1.807) is 12.1 Å². The Balaban J connectivity index is 2.39. The number of nitro benzene ring substituents is 1. The second-order valence-electron chi connectivity index (χ2n) is 3.64. The van der Waals surface area contributed by atoms with Crippen LogP contribution in [0.25, 0.3) is 0 Å². The van der Waals surface area contributed by atoms with Crippen molar-refractivity contribution in [3.05, 3.63) is 52.1 Å². The summed E-state index contributed by atoms with van der Waals surface area (Å²) < 4.78 is 0. The molecular weight excluding hydrogens is 252 g/mol. The Morgan fingerprint density at radius 3 is 2.42 bits per heavy atom. The van der Waals surface area contributed by atoms with Crippen molar-refractivity contribution in [2.24, 2.45) is 0 Å². The number of aliphatic carboxylic acids is 1. The minimum absolute atomic E-state index is 0.0113. The van der Waals surface area contributed by atoms with Crippen LogP contribution in [0.2, 0.25) is 0 Å². The number of non-ortho nitro benzene ring substituents is 1. The van der Waals surface area contributed by atoms with Crippen LogP contribution in [0.3, 0.4) is 0 Å². The van der Waals surface area contributed by atoms with Crippen molar-refractivity contribution >= 4 is 17.6 Å². The number of nitrogens with one attached hydrogen (secondary N) is 1. The predicted molar refractivity (Wildman–Crippen MR) is 66.6 cm³/mol. The number of hydrogen-bond donors (Lipinski definition) is 2. The van der Waals surface area contributed by atoms with E-state index in [9.17, 15) is 19.7 Å². The van der Waals surface area contributed by atoms with Crippen LogP contribution in [-0.4, -0.2) is 28.5 Å². The molecule has 0 aromatic heterocycles. The van der Waals surface area contributed by atoms with Crippen LogP contribution in [0.4, 0.5) is 5.69 Å². The minimum atomic E-state index is -1.19. The summed E-state index contributed by atoms with van der Waals surface area (Å²) in [5, 5.41) is 21.3. The third-order valence-corrected chi connectivity index (χ3v) is 2.24. The lowest BCUT2D eigenvalue weighted by atomic mass is 10.1. The number of benzene rings is 1. The average molecular weight is 264 g/mol. The number of carbonyl (C=O) groups excluding carboxylic acids is 1. The molecule has 0 heterocycles. The monoisotopic (exact) mass is 264 g/mol. The Labute approximate surface area is 108 Å². The molecule has 1 aromatic carbocycles. The van der Waals surface area contributed by atoms with Gasteiger partial charge in [0, 0.05) is 30.8 Å². The number of hydrogen-bond acceptors (Lipinski definition) is 4. The molecule has 0 radical (unpaired) electrons. The van der Waals surface area contributed by atoms with Gasteiger partial charge in [-0.2, -0.15) is 0 Å². The maximum absolute atomic E-state index is 11.1. The molecule has 0 saturated carbocycles. The lowest BCUT2D eigenvalue weighted by molar-refractivity contribution is -0.384. The maximum Gasteiger partial charge on any atom is 0.328 e. The number of amides is 1. The molecule has 7 nitrogen and oxygen atoms in total. The lowest BCUT2D eigenvalue weighted by Gasteiger charge is -2.02. The van der Waals surface area contributed by atoms with E-state index < -0.39 is 16.8 Å². The molecule has 2 N–H and O–H groups in total. The van der Waals surface area contributed by atoms with Crippen molar-refractivity contribution in [1.82, 2.24) is 5.32 Å². The summed E-state index contributed by atoms with van der Waals surface area (Å²) in [6, 6.07) is 6.00. The highest BCUT2D eigenvalue weighted by Crippen LogP contribution is 2.11. The molecule has 19 heavy (non-hydrogen) atoms. The molecule has 0 spiro atoms. The lowest BCUT2D eigenvalue weighted by Crippen LogP contribution is -2.23. The summed E-state index contributed by atoms with van der Waals surface area (Å²) in [7, 11) is 0. The summed E-state index contributed by atoms with van der Waals surface area (Å²) in [6.45, 7) is 0.320. The topological polar surface area (TPSA) is 110 Å². The van der Waals surface area contributed by atoms with E-state index in [-0.39, 0.29) is 5.69 Å². The van der Waals surface area contributed by atoms with Crippen LogP contribution in [0.1, 0.15) is 5.56 Å². The summed E-state index contributed by atoms with van der Waals surface area (Å²) in [6.07, 6.45) is 2.18. The highest BCUT2D eigenvalue weighted by atomic mass is 16.6. The third-order valence-electron chi connectivity index (χ3n) is 2.24. The summed E-state index contributed by atoms with van der Waals surface area (Å²) in [5.41, 5.74) is 0.852. The van der Waals surface area contributed by atoms with E-state index >= 15 is 0 Å². The molecule has 100 valence electrons. The van der Waals surface area contributed by atoms with Crippen LogP contribution in [-0.2, 0) is 16.0 Å². The first-order valence-corrected chi connectivity index (χ1v) is 5.41. The first-order valence-electron chi connectivity index (χ1n) is 5.41. The first-order chi connectivity index (χ1) is 8.99. The predicted octanol–water partition coefficient (Wildman–Crippen LogP) is 0.894. The van der Waals surface area contributed by atoms with Gasteiger partial charge < -0.3 is 10.4 Å². The SMILES string of the molecule is O=C(O)/C=C/C(=O)NCCc1ccc([N+](=O)[O-])cc1. The first kappa shape index (κ1) is 14.4. The van der Waals surface area contributed by atoms with Gasteiger partial charge in [-0.15, -0.1) is 0 Å². The molecule has 0 aliphatic rings. The highest BCUT2D eigenvalue weighted by molar-refractivity contribution is 5.93. The molecule has 1 amide bonds. The number of carbonyl (C=O) groups is 2. The molecule has 0 aliphatic carbocycles. The molecule has 0 saturated heterocycles. The van der Waals surface area contributed by atoms with E-state index in [1.807, 2.05) is 0 Å². The van der Waals surface area contributed by atoms with Crippen molar-refractivity contribution in [2.75, 3.05) is 6.54 Å². The zero-order valence-electron chi connectivity index (χ0n) is 9.91. The van der Waals surface area contributed by atoms with Gasteiger partial charge in [-0.3, -0.25) is 14.9 Å². The zero-order chi connectivity index (χ0) is 14.3. The number of nitrogens with zero attached hydrogens (tertiary/aromatic N) is 1. The highest BCUT2D eigenvalue weighted by Gasteiger charge is 2.04. The van der Waals surface area contributed by atoms with E-state index in [4.69, 9.17) is 5.11 Å². The largest absolute Gasteiger partial charge is 0.478 e. The molecule has 1 rings (SSSR count). The standard InChI is InChI=1S/C12H12N2O5/c15-11(5-6-12(16)17)13-8-7-9-1-3-10(4-2-9)14(18)19/h1-6H,7-8H2,(H,13,15)(H,16,17)/b6-5+. The molecule has 0 bridgehead atoms. The van der Waals surface area contributed by atoms with Crippen molar-refractivity contribution in [3.63, 3.8) is 0 Å². The van der Waals surface area contributed by atoms with Gasteiger partial charge in [0.25, 0.3) is 5.69 Å². The molecular formula is C12H12N2O5. The normalized spacial score (nSPS) is 10.3. The van der Waals surface area contributed by atoms with Gasteiger partial charge in [0.15, 0.2) is 0 Å². The fourth-order valence-electron chi connectivity index (χ4n) is 1.32. The van der Waals surface area contributed by atoms with Crippen LogP contribution in [0, 0.1) is 10.1 Å². The van der Waals surface area contributed by atoms with Crippen LogP contribution >= 0.6 is 0 Å². The minimum Gasteiger partial charge on any atom is -0.478 e. The van der Waals surface area contributed by atoms with Crippen molar-refractivity contribution in [1.29, 1.82) is 0 Å². The van der Waals surface area contributed by atoms with Crippen molar-refractivity contribution in [2.45, 2.75) is 6.42 Å². The molecule has 0 atom stereocenters.